The minimum atomic E-state index is -0.188. The normalized spacial score (nSPS) is 22.4. The van der Waals surface area contributed by atoms with Crippen molar-refractivity contribution in [2.45, 2.75) is 50.4 Å². The maximum atomic E-state index is 13.9. The van der Waals surface area contributed by atoms with E-state index in [0.717, 1.165) is 47.5 Å². The number of hydrogen-bond donors (Lipinski definition) is 2. The summed E-state index contributed by atoms with van der Waals surface area (Å²) >= 11 is 0. The third-order valence-corrected chi connectivity index (χ3v) is 10.7. The van der Waals surface area contributed by atoms with Gasteiger partial charge in [-0.3, -0.25) is 9.59 Å². The summed E-state index contributed by atoms with van der Waals surface area (Å²) in [6.45, 7) is 2.42. The highest BCUT2D eigenvalue weighted by atomic mass is 16.5. The number of methoxy groups -OCH3 is 1. The van der Waals surface area contributed by atoms with Gasteiger partial charge in [0.25, 0.3) is 11.8 Å². The van der Waals surface area contributed by atoms with E-state index in [4.69, 9.17) is 20.4 Å². The number of hydrogen-bond acceptors (Lipinski definition) is 8. The predicted molar refractivity (Wildman–Crippen MR) is 174 cm³/mol. The van der Waals surface area contributed by atoms with Crippen molar-refractivity contribution in [1.29, 1.82) is 0 Å². The van der Waals surface area contributed by atoms with Crippen molar-refractivity contribution in [2.24, 2.45) is 17.6 Å². The Bertz CT molecular complexity index is 2080. The Labute approximate surface area is 270 Å². The van der Waals surface area contributed by atoms with Crippen molar-refractivity contribution in [2.75, 3.05) is 26.7 Å². The monoisotopic (exact) mass is 632 g/mol. The Morgan fingerprint density at radius 1 is 0.979 bits per heavy atom. The first kappa shape index (κ1) is 28.3. The molecule has 2 aliphatic carbocycles. The summed E-state index contributed by atoms with van der Waals surface area (Å²) in [6.07, 6.45) is 7.63. The van der Waals surface area contributed by atoms with Crippen molar-refractivity contribution >= 4 is 33.9 Å². The molecule has 2 amide bonds. The highest BCUT2D eigenvalue weighted by Gasteiger charge is 2.47. The van der Waals surface area contributed by atoms with Gasteiger partial charge < -0.3 is 34.5 Å². The lowest BCUT2D eigenvalue weighted by atomic mass is 10.0. The van der Waals surface area contributed by atoms with E-state index in [1.807, 2.05) is 29.3 Å². The van der Waals surface area contributed by atoms with E-state index in [1.54, 1.807) is 18.1 Å². The van der Waals surface area contributed by atoms with Crippen LogP contribution in [0.5, 0.6) is 11.6 Å². The first-order chi connectivity index (χ1) is 22.9. The number of pyridine rings is 2. The molecular formula is C35H36N8O4. The van der Waals surface area contributed by atoms with Crippen molar-refractivity contribution in [1.82, 2.24) is 33.9 Å². The Balaban J connectivity index is 1.16. The lowest BCUT2D eigenvalue weighted by molar-refractivity contribution is 0.0527. The molecule has 240 valence electrons. The molecule has 47 heavy (non-hydrogen) atoms. The number of nitrogens with zero attached hydrogens (tertiary/aromatic N) is 7. The number of amides is 2. The van der Waals surface area contributed by atoms with E-state index >= 15 is 0 Å². The van der Waals surface area contributed by atoms with E-state index in [1.165, 1.54) is 25.1 Å². The molecule has 0 spiro atoms. The summed E-state index contributed by atoms with van der Waals surface area (Å²) in [6, 6.07) is 12.9. The third kappa shape index (κ3) is 4.49. The van der Waals surface area contributed by atoms with Crippen LogP contribution < -0.4 is 10.5 Å². The molecule has 5 aromatic rings. The van der Waals surface area contributed by atoms with Crippen LogP contribution in [0.2, 0.25) is 0 Å². The number of aromatic hydroxyl groups is 1. The lowest BCUT2D eigenvalue weighted by Crippen LogP contribution is -2.50. The Morgan fingerprint density at radius 2 is 1.83 bits per heavy atom. The summed E-state index contributed by atoms with van der Waals surface area (Å²) in [5.74, 6) is 1.85. The molecule has 2 saturated heterocycles. The lowest BCUT2D eigenvalue weighted by Gasteiger charge is -2.41. The van der Waals surface area contributed by atoms with Crippen molar-refractivity contribution in [3.05, 3.63) is 66.0 Å². The SMILES string of the molecule is COc1cc(C(=O)N2C[C@H]3CC[C@@H]2[C@@H]3N)cc2nc(-c3cc4cccnc4n3CC3CC3)n(C3CN(C(=O)c4ccnc(O)c4)C3)c12. The second-order valence-electron chi connectivity index (χ2n) is 13.6. The zero-order valence-electron chi connectivity index (χ0n) is 26.1. The summed E-state index contributed by atoms with van der Waals surface area (Å²) in [5.41, 5.74) is 10.7. The molecule has 4 aliphatic rings. The Kier molecular flexibility index (Phi) is 6.33. The van der Waals surface area contributed by atoms with Crippen LogP contribution in [-0.4, -0.2) is 89.6 Å². The fourth-order valence-corrected chi connectivity index (χ4v) is 7.99. The minimum Gasteiger partial charge on any atom is -0.494 e. The number of carbonyl (C=O) groups excluding carboxylic acids is 2. The molecule has 3 atom stereocenters. The van der Waals surface area contributed by atoms with E-state index < -0.39 is 0 Å². The summed E-state index contributed by atoms with van der Waals surface area (Å²) in [4.78, 5) is 44.8. The van der Waals surface area contributed by atoms with Crippen LogP contribution in [0, 0.1) is 11.8 Å². The van der Waals surface area contributed by atoms with Crippen LogP contribution in [0.4, 0.5) is 0 Å². The van der Waals surface area contributed by atoms with Crippen LogP contribution in [0.3, 0.4) is 0 Å². The van der Waals surface area contributed by atoms with Gasteiger partial charge in [-0.1, -0.05) is 0 Å². The number of ether oxygens (including phenoxy) is 1. The highest BCUT2D eigenvalue weighted by Crippen LogP contribution is 2.42. The number of piperidine rings is 1. The van der Waals surface area contributed by atoms with Gasteiger partial charge >= 0.3 is 0 Å². The van der Waals surface area contributed by atoms with Gasteiger partial charge in [0.2, 0.25) is 5.88 Å². The molecule has 1 aromatic carbocycles. The molecule has 6 heterocycles. The second-order valence-corrected chi connectivity index (χ2v) is 13.6. The van der Waals surface area contributed by atoms with Gasteiger partial charge in [0.15, 0.2) is 5.82 Å². The number of likely N-dealkylation sites (tertiary alicyclic amines) is 2. The maximum Gasteiger partial charge on any atom is 0.254 e. The molecule has 2 aliphatic heterocycles. The summed E-state index contributed by atoms with van der Waals surface area (Å²) in [5, 5.41) is 10.9. The topological polar surface area (TPSA) is 145 Å². The first-order valence-electron chi connectivity index (χ1n) is 16.4. The minimum absolute atomic E-state index is 0.0257. The standard InChI is InChI=1S/C35H36N8O4/c1-47-28-13-23(35(46)42-16-22-6-7-26(42)30(22)36)11-25-31(28)43(24-17-40(18-24)34(45)21-8-10-37-29(44)14-21)33(39-25)27-12-20-3-2-9-38-32(20)41(27)15-19-4-5-19/h2-3,8-14,19,22,24,26,30H,4-7,15-18,36H2,1H3,(H,37,44)/t22-,26-,30-/m1/s1. The van der Waals surface area contributed by atoms with E-state index in [-0.39, 0.29) is 35.8 Å². The quantitative estimate of drug-likeness (QED) is 0.276. The van der Waals surface area contributed by atoms with Gasteiger partial charge in [-0.2, -0.15) is 0 Å². The van der Waals surface area contributed by atoms with Gasteiger partial charge in [0, 0.05) is 73.2 Å². The van der Waals surface area contributed by atoms with E-state index in [0.29, 0.717) is 53.9 Å². The van der Waals surface area contributed by atoms with Gasteiger partial charge in [-0.05, 0) is 73.9 Å². The molecule has 0 unspecified atom stereocenters. The second kappa shape index (κ2) is 10.5. The molecule has 4 aromatic heterocycles. The number of benzene rings is 1. The third-order valence-electron chi connectivity index (χ3n) is 10.7. The van der Waals surface area contributed by atoms with Crippen molar-refractivity contribution < 1.29 is 19.4 Å². The molecule has 0 radical (unpaired) electrons. The average Bonchev–Trinajstić information content (AvgIpc) is 3.40. The smallest absolute Gasteiger partial charge is 0.254 e. The van der Waals surface area contributed by atoms with Crippen LogP contribution >= 0.6 is 0 Å². The maximum absolute atomic E-state index is 13.9. The molecule has 3 N–H and O–H groups in total. The summed E-state index contributed by atoms with van der Waals surface area (Å²) in [7, 11) is 1.62. The number of aromatic nitrogens is 5. The fraction of sp³-hybridized carbons (Fsp3) is 0.400. The zero-order valence-corrected chi connectivity index (χ0v) is 26.1. The summed E-state index contributed by atoms with van der Waals surface area (Å²) < 4.78 is 10.5. The molecule has 2 bridgehead atoms. The van der Waals surface area contributed by atoms with E-state index in [2.05, 4.69) is 26.3 Å². The van der Waals surface area contributed by atoms with Gasteiger partial charge in [-0.25, -0.2) is 15.0 Å². The molecule has 12 heteroatoms. The van der Waals surface area contributed by atoms with Gasteiger partial charge in [0.05, 0.1) is 24.4 Å². The molecule has 4 fully saturated rings. The molecular weight excluding hydrogens is 596 g/mol. The zero-order chi connectivity index (χ0) is 32.0. The average molecular weight is 633 g/mol. The van der Waals surface area contributed by atoms with Crippen molar-refractivity contribution in [3.8, 4) is 23.1 Å². The van der Waals surface area contributed by atoms with Crippen molar-refractivity contribution in [3.63, 3.8) is 0 Å². The molecule has 2 saturated carbocycles. The first-order valence-corrected chi connectivity index (χ1v) is 16.4. The van der Waals surface area contributed by atoms with Crippen LogP contribution in [0.25, 0.3) is 33.6 Å². The van der Waals surface area contributed by atoms with Gasteiger partial charge in [-0.15, -0.1) is 0 Å². The Hall–Kier alpha value is -4.97. The van der Waals surface area contributed by atoms with Gasteiger partial charge in [0.1, 0.15) is 16.9 Å². The fourth-order valence-electron chi connectivity index (χ4n) is 7.99. The highest BCUT2D eigenvalue weighted by molar-refractivity contribution is 6.01. The van der Waals surface area contributed by atoms with Crippen LogP contribution in [0.15, 0.2) is 54.9 Å². The largest absolute Gasteiger partial charge is 0.494 e. The number of fused-ring (bicyclic) bond motifs is 4. The van der Waals surface area contributed by atoms with Crippen LogP contribution in [-0.2, 0) is 6.54 Å². The number of nitrogens with two attached hydrogens (primary N) is 1. The predicted octanol–water partition coefficient (Wildman–Crippen LogP) is 3.83. The number of carbonyl (C=O) groups is 2. The van der Waals surface area contributed by atoms with Crippen LogP contribution in [0.1, 0.15) is 52.4 Å². The number of rotatable bonds is 7. The molecule has 12 nitrogen and oxygen atoms in total. The number of imidazole rings is 1. The molecule has 9 rings (SSSR count). The Morgan fingerprint density at radius 3 is 2.55 bits per heavy atom. The van der Waals surface area contributed by atoms with E-state index in [9.17, 15) is 14.7 Å².